The zero-order chi connectivity index (χ0) is 17.8. The first-order chi connectivity index (χ1) is 12.0. The molecule has 128 valence electrons. The van der Waals surface area contributed by atoms with Crippen LogP contribution in [0.4, 0.5) is 5.69 Å². The SMILES string of the molecule is O=C(N/N=C\c1ccc([O-])c([N+](=O)[O-])c1)[C@@H]1COc2ccccc2O1. The third-order valence-electron chi connectivity index (χ3n) is 3.37. The molecule has 1 N–H and O–H groups in total. The molecule has 0 saturated heterocycles. The molecule has 0 fully saturated rings. The number of carbonyl (C=O) groups excluding carboxylic acids is 1. The van der Waals surface area contributed by atoms with Crippen LogP contribution < -0.4 is 20.0 Å². The predicted octanol–water partition coefficient (Wildman–Crippen LogP) is 0.958. The van der Waals surface area contributed by atoms with E-state index >= 15 is 0 Å². The second kappa shape index (κ2) is 6.87. The molecule has 3 rings (SSSR count). The molecule has 0 spiro atoms. The van der Waals surface area contributed by atoms with Crippen molar-refractivity contribution in [3.63, 3.8) is 0 Å². The van der Waals surface area contributed by atoms with Crippen molar-refractivity contribution in [2.24, 2.45) is 5.10 Å². The quantitative estimate of drug-likeness (QED) is 0.501. The molecule has 1 heterocycles. The lowest BCUT2D eigenvalue weighted by Gasteiger charge is -2.24. The molecule has 1 aliphatic rings. The van der Waals surface area contributed by atoms with Crippen LogP contribution in [0, 0.1) is 10.1 Å². The normalized spacial score (nSPS) is 15.8. The molecule has 25 heavy (non-hydrogen) atoms. The van der Waals surface area contributed by atoms with Crippen LogP contribution in [0.15, 0.2) is 47.6 Å². The zero-order valence-electron chi connectivity index (χ0n) is 12.7. The highest BCUT2D eigenvalue weighted by Crippen LogP contribution is 2.30. The van der Waals surface area contributed by atoms with Gasteiger partial charge in [-0.2, -0.15) is 5.10 Å². The molecule has 1 atom stereocenters. The van der Waals surface area contributed by atoms with Crippen LogP contribution in [0.2, 0.25) is 0 Å². The molecule has 0 unspecified atom stereocenters. The van der Waals surface area contributed by atoms with Crippen LogP contribution in [0.3, 0.4) is 0 Å². The summed E-state index contributed by atoms with van der Waals surface area (Å²) >= 11 is 0. The number of nitro groups is 1. The van der Waals surface area contributed by atoms with E-state index in [0.717, 1.165) is 12.1 Å². The average molecular weight is 342 g/mol. The number of rotatable bonds is 4. The van der Waals surface area contributed by atoms with Crippen molar-refractivity contribution < 1.29 is 24.3 Å². The molecule has 0 radical (unpaired) electrons. The summed E-state index contributed by atoms with van der Waals surface area (Å²) in [6.07, 6.45) is 0.326. The second-order valence-electron chi connectivity index (χ2n) is 5.08. The summed E-state index contributed by atoms with van der Waals surface area (Å²) in [6.45, 7) is 0.0364. The molecule has 1 aliphatic heterocycles. The number of benzene rings is 2. The minimum atomic E-state index is -0.870. The van der Waals surface area contributed by atoms with E-state index in [1.807, 2.05) is 0 Å². The Morgan fingerprint density at radius 2 is 2.04 bits per heavy atom. The number of amides is 1. The number of nitrogens with zero attached hydrogens (tertiary/aromatic N) is 2. The van der Waals surface area contributed by atoms with Crippen molar-refractivity contribution in [1.29, 1.82) is 0 Å². The zero-order valence-corrected chi connectivity index (χ0v) is 12.7. The van der Waals surface area contributed by atoms with E-state index < -0.39 is 28.4 Å². The van der Waals surface area contributed by atoms with Crippen LogP contribution in [-0.2, 0) is 4.79 Å². The van der Waals surface area contributed by atoms with E-state index in [0.29, 0.717) is 17.1 Å². The van der Waals surface area contributed by atoms with Gasteiger partial charge in [0.2, 0.25) is 6.10 Å². The van der Waals surface area contributed by atoms with Crippen molar-refractivity contribution in [2.45, 2.75) is 6.10 Å². The maximum absolute atomic E-state index is 12.0. The van der Waals surface area contributed by atoms with Crippen LogP contribution in [0.1, 0.15) is 5.56 Å². The smallest absolute Gasteiger partial charge is 0.284 e. The van der Waals surface area contributed by atoms with Gasteiger partial charge in [0, 0.05) is 11.6 Å². The van der Waals surface area contributed by atoms with Gasteiger partial charge >= 0.3 is 0 Å². The van der Waals surface area contributed by atoms with Crippen molar-refractivity contribution in [2.75, 3.05) is 6.61 Å². The minimum Gasteiger partial charge on any atom is -0.868 e. The maximum Gasteiger partial charge on any atom is 0.284 e. The molecule has 9 nitrogen and oxygen atoms in total. The summed E-state index contributed by atoms with van der Waals surface area (Å²) in [6, 6.07) is 10.5. The monoisotopic (exact) mass is 342 g/mol. The average Bonchev–Trinajstić information content (AvgIpc) is 2.62. The van der Waals surface area contributed by atoms with E-state index in [4.69, 9.17) is 9.47 Å². The van der Waals surface area contributed by atoms with E-state index in [1.165, 1.54) is 12.3 Å². The van der Waals surface area contributed by atoms with Crippen LogP contribution in [-0.4, -0.2) is 29.8 Å². The highest BCUT2D eigenvalue weighted by molar-refractivity contribution is 5.85. The van der Waals surface area contributed by atoms with Gasteiger partial charge in [0.15, 0.2) is 11.5 Å². The highest BCUT2D eigenvalue weighted by atomic mass is 16.6. The molecular formula is C16H12N3O6-. The van der Waals surface area contributed by atoms with E-state index in [2.05, 4.69) is 10.5 Å². The standard InChI is InChI=1S/C16H13N3O6/c20-12-6-5-10(7-11(12)19(22)23)8-17-18-16(21)15-9-24-13-3-1-2-4-14(13)25-15/h1-8,15,20H,9H2,(H,18,21)/p-1/b17-8-/t15-/m0/s1. The van der Waals surface area contributed by atoms with Gasteiger partial charge in [-0.25, -0.2) is 5.43 Å². The molecule has 0 aliphatic carbocycles. The number of nitrogens with one attached hydrogen (secondary N) is 1. The Labute approximate surface area is 141 Å². The first-order valence-corrected chi connectivity index (χ1v) is 7.21. The van der Waals surface area contributed by atoms with Crippen molar-refractivity contribution in [3.8, 4) is 17.2 Å². The first kappa shape index (κ1) is 16.2. The number of hydrazone groups is 1. The molecule has 2 aromatic carbocycles. The molecule has 0 saturated carbocycles. The highest BCUT2D eigenvalue weighted by Gasteiger charge is 2.26. The second-order valence-corrected chi connectivity index (χ2v) is 5.08. The fourth-order valence-corrected chi connectivity index (χ4v) is 2.15. The molecule has 0 aromatic heterocycles. The third-order valence-corrected chi connectivity index (χ3v) is 3.37. The summed E-state index contributed by atoms with van der Waals surface area (Å²) in [5.74, 6) is -0.210. The Morgan fingerprint density at radius 3 is 2.80 bits per heavy atom. The summed E-state index contributed by atoms with van der Waals surface area (Å²) < 4.78 is 11.0. The van der Waals surface area contributed by atoms with Crippen LogP contribution in [0.25, 0.3) is 0 Å². The molecule has 9 heteroatoms. The number of carbonyl (C=O) groups is 1. The number of nitro benzene ring substituents is 1. The fraction of sp³-hybridized carbons (Fsp3) is 0.125. The summed E-state index contributed by atoms with van der Waals surface area (Å²) in [5.41, 5.74) is 2.02. The predicted molar refractivity (Wildman–Crippen MR) is 84.6 cm³/mol. The molecule has 2 aromatic rings. The van der Waals surface area contributed by atoms with Crippen molar-refractivity contribution >= 4 is 17.8 Å². The molecular weight excluding hydrogens is 330 g/mol. The maximum atomic E-state index is 12.0. The van der Waals surface area contributed by atoms with Gasteiger partial charge < -0.3 is 14.6 Å². The van der Waals surface area contributed by atoms with Gasteiger partial charge in [0.05, 0.1) is 11.1 Å². The van der Waals surface area contributed by atoms with Crippen LogP contribution >= 0.6 is 0 Å². The first-order valence-electron chi connectivity index (χ1n) is 7.21. The Hall–Kier alpha value is -3.62. The minimum absolute atomic E-state index is 0.0364. The Balaban J connectivity index is 1.62. The number of ether oxygens (including phenoxy) is 2. The largest absolute Gasteiger partial charge is 0.868 e. The number of hydrogen-bond acceptors (Lipinski definition) is 7. The van der Waals surface area contributed by atoms with E-state index in [9.17, 15) is 20.0 Å². The number of fused-ring (bicyclic) bond motifs is 1. The van der Waals surface area contributed by atoms with Gasteiger partial charge in [-0.15, -0.1) is 0 Å². The lowest BCUT2D eigenvalue weighted by atomic mass is 10.2. The fourth-order valence-electron chi connectivity index (χ4n) is 2.15. The summed E-state index contributed by atoms with van der Waals surface area (Å²) in [4.78, 5) is 22.0. The molecule has 0 bridgehead atoms. The van der Waals surface area contributed by atoms with E-state index in [-0.39, 0.29) is 6.61 Å². The van der Waals surface area contributed by atoms with E-state index in [1.54, 1.807) is 24.3 Å². The van der Waals surface area contributed by atoms with Gasteiger partial charge in [-0.3, -0.25) is 14.9 Å². The number of hydrogen-bond donors (Lipinski definition) is 1. The lowest BCUT2D eigenvalue weighted by molar-refractivity contribution is -0.398. The molecule has 1 amide bonds. The van der Waals surface area contributed by atoms with Gasteiger partial charge in [-0.05, 0) is 17.9 Å². The van der Waals surface area contributed by atoms with Crippen molar-refractivity contribution in [3.05, 3.63) is 58.1 Å². The Bertz CT molecular complexity index is 852. The lowest BCUT2D eigenvalue weighted by Crippen LogP contribution is -2.42. The van der Waals surface area contributed by atoms with Crippen molar-refractivity contribution in [1.82, 2.24) is 5.43 Å². The van der Waals surface area contributed by atoms with Crippen LogP contribution in [0.5, 0.6) is 17.2 Å². The van der Waals surface area contributed by atoms with Gasteiger partial charge in [0.25, 0.3) is 11.6 Å². The Kier molecular flexibility index (Phi) is 4.46. The van der Waals surface area contributed by atoms with Gasteiger partial charge in [0.1, 0.15) is 6.61 Å². The Morgan fingerprint density at radius 1 is 1.28 bits per heavy atom. The topological polar surface area (TPSA) is 126 Å². The third kappa shape index (κ3) is 3.66. The summed E-state index contributed by atoms with van der Waals surface area (Å²) in [5, 5.41) is 25.8. The summed E-state index contributed by atoms with van der Waals surface area (Å²) in [7, 11) is 0. The number of para-hydroxylation sites is 2. The van der Waals surface area contributed by atoms with Gasteiger partial charge in [-0.1, -0.05) is 24.3 Å².